The van der Waals surface area contributed by atoms with Gasteiger partial charge in [-0.25, -0.2) is 0 Å². The van der Waals surface area contributed by atoms with E-state index in [0.717, 1.165) is 38.6 Å². The van der Waals surface area contributed by atoms with Gasteiger partial charge in [-0.05, 0) is 245 Å². The zero-order chi connectivity index (χ0) is 75.0. The van der Waals surface area contributed by atoms with Gasteiger partial charge in [-0.1, -0.05) is 318 Å². The molecule has 1 N–H and O–H groups in total. The van der Waals surface area contributed by atoms with Crippen molar-refractivity contribution in [3.8, 4) is 100 Å². The predicted molar refractivity (Wildman–Crippen MR) is 480 cm³/mol. The normalized spacial score (nSPS) is 12.4. The summed E-state index contributed by atoms with van der Waals surface area (Å²) in [6.07, 6.45) is 4.32. The van der Waals surface area contributed by atoms with Crippen molar-refractivity contribution >= 4 is 66.2 Å². The molecule has 2 aliphatic carbocycles. The third kappa shape index (κ3) is 14.1. The van der Waals surface area contributed by atoms with Gasteiger partial charge in [0.1, 0.15) is 0 Å². The number of anilines is 5. The Morgan fingerprint density at radius 2 is 0.554 bits per heavy atom. The van der Waals surface area contributed by atoms with E-state index in [-0.39, 0.29) is 18.3 Å². The van der Waals surface area contributed by atoms with Gasteiger partial charge in [0, 0.05) is 78.3 Å². The zero-order valence-electron chi connectivity index (χ0n) is 62.5. The smallest absolute Gasteiger partial charge is 0.0528 e. The van der Waals surface area contributed by atoms with Crippen LogP contribution in [0, 0.1) is 0 Å². The minimum absolute atomic E-state index is 0. The molecule has 0 unspecified atom stereocenters. The van der Waals surface area contributed by atoms with Crippen LogP contribution in [-0.2, 0) is 10.8 Å². The molecule has 2 aliphatic rings. The summed E-state index contributed by atoms with van der Waals surface area (Å²) in [6.45, 7) is 9.33. The summed E-state index contributed by atoms with van der Waals surface area (Å²) in [5, 5.41) is 6.06. The first-order chi connectivity index (χ1) is 54.4. The molecule has 2 aromatic heterocycles. The summed E-state index contributed by atoms with van der Waals surface area (Å²) in [5.41, 5.74) is 35.9. The number of nitrogens with zero attached hydrogens (tertiary/aromatic N) is 3. The largest absolute Gasteiger partial charge is 0.356 e. The number of benzene rings is 16. The molecule has 16 aromatic carbocycles. The van der Waals surface area contributed by atoms with Crippen molar-refractivity contribution in [2.45, 2.75) is 46.0 Å². The first kappa shape index (κ1) is 71.6. The SMILES string of the molecule is Brc1ccc(-c2ccc(-n3ccc4cc(-c5ccccc5)ccc43)cc2)cc1.C.CC1(C)c2ccccc2-c2ccc(N(c3ccc(-c4ccccc4)cc3)c3ccc(-c4ccc(-n5ccc6cc(-c7ccccc7)ccc65)cc4)cc3)cc21.CC1(C)c2ccccc2-c2ccc(Nc3ccc(-c4ccccc4)cc3)cc21. The molecule has 4 nitrogen and oxygen atoms in total. The Hall–Kier alpha value is -13.3. The molecule has 0 amide bonds. The molecule has 112 heavy (non-hydrogen) atoms. The van der Waals surface area contributed by atoms with Crippen LogP contribution in [0.3, 0.4) is 0 Å². The van der Waals surface area contributed by atoms with Gasteiger partial charge in [-0.2, -0.15) is 0 Å². The summed E-state index contributed by atoms with van der Waals surface area (Å²) in [4.78, 5) is 2.39. The highest BCUT2D eigenvalue weighted by Crippen LogP contribution is 2.52. The van der Waals surface area contributed by atoms with E-state index in [2.05, 4.69) is 470 Å². The van der Waals surface area contributed by atoms with Gasteiger partial charge in [0.2, 0.25) is 0 Å². The van der Waals surface area contributed by atoms with Crippen molar-refractivity contribution in [3.63, 3.8) is 0 Å². The lowest BCUT2D eigenvalue weighted by atomic mass is 9.82. The molecule has 20 rings (SSSR count). The van der Waals surface area contributed by atoms with Crippen LogP contribution in [0.4, 0.5) is 28.4 Å². The average molecular weight is 1510 g/mol. The van der Waals surface area contributed by atoms with E-state index in [1.54, 1.807) is 0 Å². The van der Waals surface area contributed by atoms with E-state index in [1.165, 1.54) is 139 Å². The molecule has 0 bridgehead atoms. The second-order valence-corrected chi connectivity index (χ2v) is 30.9. The molecule has 540 valence electrons. The van der Waals surface area contributed by atoms with E-state index in [9.17, 15) is 0 Å². The highest BCUT2D eigenvalue weighted by atomic mass is 79.9. The van der Waals surface area contributed by atoms with Crippen molar-refractivity contribution < 1.29 is 0 Å². The quantitative estimate of drug-likeness (QED) is 0.124. The fourth-order valence-electron chi connectivity index (χ4n) is 16.5. The van der Waals surface area contributed by atoms with Gasteiger partial charge < -0.3 is 19.4 Å². The number of nitrogens with one attached hydrogen (secondary N) is 1. The lowest BCUT2D eigenvalue weighted by Gasteiger charge is -2.28. The molecule has 0 radical (unpaired) electrons. The van der Waals surface area contributed by atoms with Gasteiger partial charge in [0.15, 0.2) is 0 Å². The first-order valence-electron chi connectivity index (χ1n) is 38.2. The third-order valence-electron chi connectivity index (χ3n) is 22.4. The molecule has 0 fully saturated rings. The van der Waals surface area contributed by atoms with E-state index in [0.29, 0.717) is 0 Å². The van der Waals surface area contributed by atoms with Crippen molar-refractivity contribution in [1.29, 1.82) is 0 Å². The summed E-state index contributed by atoms with van der Waals surface area (Å²) in [6, 6.07) is 144. The highest BCUT2D eigenvalue weighted by molar-refractivity contribution is 9.10. The van der Waals surface area contributed by atoms with Gasteiger partial charge in [-0.15, -0.1) is 0 Å². The summed E-state index contributed by atoms with van der Waals surface area (Å²) in [5.74, 6) is 0. The summed E-state index contributed by atoms with van der Waals surface area (Å²) < 4.78 is 5.62. The average Bonchev–Trinajstić information content (AvgIpc) is 1.59. The Balaban J connectivity index is 0.000000134. The Labute approximate surface area is 666 Å². The van der Waals surface area contributed by atoms with Crippen LogP contribution >= 0.6 is 15.9 Å². The Morgan fingerprint density at radius 3 is 0.973 bits per heavy atom. The molecule has 0 saturated carbocycles. The Morgan fingerprint density at radius 1 is 0.250 bits per heavy atom. The lowest BCUT2D eigenvalue weighted by Crippen LogP contribution is -2.16. The number of rotatable bonds is 13. The van der Waals surface area contributed by atoms with Gasteiger partial charge in [0.05, 0.1) is 11.0 Å². The van der Waals surface area contributed by atoms with Crippen molar-refractivity contribution in [3.05, 3.63) is 440 Å². The molecule has 0 spiro atoms. The van der Waals surface area contributed by atoms with E-state index in [1.807, 2.05) is 6.07 Å². The second-order valence-electron chi connectivity index (χ2n) is 29.9. The van der Waals surface area contributed by atoms with Crippen molar-refractivity contribution in [2.24, 2.45) is 0 Å². The van der Waals surface area contributed by atoms with Crippen molar-refractivity contribution in [1.82, 2.24) is 9.13 Å². The van der Waals surface area contributed by atoms with Crippen molar-refractivity contribution in [2.75, 3.05) is 10.2 Å². The molecule has 0 saturated heterocycles. The van der Waals surface area contributed by atoms with E-state index < -0.39 is 0 Å². The highest BCUT2D eigenvalue weighted by Gasteiger charge is 2.37. The number of hydrogen-bond donors (Lipinski definition) is 1. The van der Waals surface area contributed by atoms with Crippen LogP contribution in [0.2, 0.25) is 0 Å². The number of halogens is 1. The molecule has 0 aliphatic heterocycles. The fraction of sp³-hybridized carbons (Fsp3) is 0.0654. The maximum absolute atomic E-state index is 3.58. The minimum Gasteiger partial charge on any atom is -0.356 e. The summed E-state index contributed by atoms with van der Waals surface area (Å²) >= 11 is 3.50. The van der Waals surface area contributed by atoms with Crippen LogP contribution in [0.25, 0.3) is 122 Å². The lowest BCUT2D eigenvalue weighted by molar-refractivity contribution is 0.660. The van der Waals surface area contributed by atoms with Crippen LogP contribution in [0.1, 0.15) is 57.4 Å². The number of fused-ring (bicyclic) bond motifs is 8. The molecular formula is C107H85BrN4. The van der Waals surface area contributed by atoms with Crippen LogP contribution in [0.15, 0.2) is 417 Å². The molecule has 18 aromatic rings. The number of aromatic nitrogens is 2. The third-order valence-corrected chi connectivity index (χ3v) is 23.0. The molecular weight excluding hydrogens is 1420 g/mol. The van der Waals surface area contributed by atoms with Gasteiger partial charge in [-0.3, -0.25) is 0 Å². The summed E-state index contributed by atoms with van der Waals surface area (Å²) in [7, 11) is 0. The second kappa shape index (κ2) is 30.6. The first-order valence-corrected chi connectivity index (χ1v) is 39.0. The van der Waals surface area contributed by atoms with Crippen LogP contribution < -0.4 is 10.2 Å². The van der Waals surface area contributed by atoms with Crippen LogP contribution in [0.5, 0.6) is 0 Å². The number of hydrogen-bond acceptors (Lipinski definition) is 2. The van der Waals surface area contributed by atoms with Crippen LogP contribution in [-0.4, -0.2) is 9.13 Å². The molecule has 0 atom stereocenters. The Kier molecular flexibility index (Phi) is 19.6. The zero-order valence-corrected chi connectivity index (χ0v) is 64.1. The molecule has 5 heteroatoms. The van der Waals surface area contributed by atoms with Gasteiger partial charge in [0.25, 0.3) is 0 Å². The maximum atomic E-state index is 3.58. The van der Waals surface area contributed by atoms with E-state index >= 15 is 0 Å². The standard InChI is InChI=1S/C53H40N2.C27H23N.C26H18BrN.CH4/c1-53(2)50-16-10-9-15-48(50)49-31-30-47(36-51(49)53)55(45-26-19-39(20-27-45)37-11-5-3-6-12-37)46-28-21-41(22-29-46)40-17-24-44(25-18-40)54-34-33-43-35-42(23-32-52(43)54)38-13-7-4-8-14-38;1-27(2)25-11-7-6-10-23(25)24-17-16-22(18-26(24)27)28-21-14-12-20(13-15-21)19-8-4-3-5-9-19;27-24-11-6-20(7-12-24)21-8-13-25(14-9-21)28-17-16-23-18-22(10-15-26(23)28)19-4-2-1-3-5-19;/h3-36H,1-2H3;3-18,28H,1-2H3;1-18H;1H4. The van der Waals surface area contributed by atoms with Gasteiger partial charge >= 0.3 is 0 Å². The minimum atomic E-state index is -0.0845. The molecule has 2 heterocycles. The topological polar surface area (TPSA) is 25.1 Å². The monoisotopic (exact) mass is 1500 g/mol. The fourth-order valence-corrected chi connectivity index (χ4v) is 16.7. The maximum Gasteiger partial charge on any atom is 0.0528 e. The Bertz CT molecular complexity index is 6340. The predicted octanol–water partition coefficient (Wildman–Crippen LogP) is 30.2. The van der Waals surface area contributed by atoms with E-state index in [4.69, 9.17) is 0 Å².